The van der Waals surface area contributed by atoms with E-state index >= 15 is 0 Å². The Morgan fingerprint density at radius 1 is 1.20 bits per heavy atom. The molecule has 8 nitrogen and oxygen atoms in total. The molecule has 0 spiro atoms. The smallest absolute Gasteiger partial charge is 0.319 e. The van der Waals surface area contributed by atoms with E-state index in [1.54, 1.807) is 4.90 Å². The minimum absolute atomic E-state index is 0.157. The number of aromatic nitrogens is 2. The first-order chi connectivity index (χ1) is 21.5. The van der Waals surface area contributed by atoms with Crippen LogP contribution < -0.4 is 9.64 Å². The van der Waals surface area contributed by atoms with Crippen LogP contribution in [-0.4, -0.2) is 89.3 Å². The van der Waals surface area contributed by atoms with Crippen LogP contribution in [0, 0.1) is 12.5 Å². The Morgan fingerprint density at radius 3 is 2.98 bits per heavy atom. The molecule has 0 radical (unpaired) electrons. The molecule has 3 aliphatic heterocycles. The molecule has 0 N–H and O–H groups in total. The highest BCUT2D eigenvalue weighted by atomic mass is 19.1. The van der Waals surface area contributed by atoms with E-state index in [-0.39, 0.29) is 24.0 Å². The molecule has 1 aromatic heterocycles. The number of carbonyl (C=O) groups is 1. The van der Waals surface area contributed by atoms with Crippen molar-refractivity contribution in [1.82, 2.24) is 19.8 Å². The van der Waals surface area contributed by atoms with Gasteiger partial charge in [0.1, 0.15) is 24.6 Å². The molecule has 1 unspecified atom stereocenters. The number of rotatable bonds is 7. The summed E-state index contributed by atoms with van der Waals surface area (Å²) < 4.78 is 20.9. The van der Waals surface area contributed by atoms with Gasteiger partial charge in [0.05, 0.1) is 11.1 Å². The molecular formula is C35H37FN6O2. The van der Waals surface area contributed by atoms with Crippen molar-refractivity contribution >= 4 is 22.6 Å². The van der Waals surface area contributed by atoms with E-state index in [4.69, 9.17) is 21.3 Å². The van der Waals surface area contributed by atoms with Crippen molar-refractivity contribution in [3.63, 3.8) is 0 Å². The van der Waals surface area contributed by atoms with Crippen molar-refractivity contribution in [2.45, 2.75) is 55.8 Å². The lowest BCUT2D eigenvalue weighted by molar-refractivity contribution is -0.128. The monoisotopic (exact) mass is 592 g/mol. The van der Waals surface area contributed by atoms with E-state index in [9.17, 15) is 9.18 Å². The Hall–Kier alpha value is -4.03. The zero-order valence-corrected chi connectivity index (χ0v) is 24.9. The summed E-state index contributed by atoms with van der Waals surface area (Å²) in [6.45, 7) is 14.6. The molecule has 1 amide bonds. The second kappa shape index (κ2) is 10.6. The first-order valence-electron chi connectivity index (χ1n) is 15.9. The number of halogens is 1. The molecule has 8 rings (SSSR count). The third kappa shape index (κ3) is 4.54. The van der Waals surface area contributed by atoms with Gasteiger partial charge in [0.25, 0.3) is 0 Å². The summed E-state index contributed by atoms with van der Waals surface area (Å²) in [5.74, 6) is 2.05. The zero-order valence-electron chi connectivity index (χ0n) is 24.9. The molecule has 4 heterocycles. The summed E-state index contributed by atoms with van der Waals surface area (Å²) in [4.78, 5) is 32.2. The SMILES string of the molecule is [C-]#[N+]C[C@H]1CN(c2nc(OCC34CCCN3C[C@H](F)C4)nc3cc(-c4cccc5c4[C@H]4C[C@H]4C5)ccc23)CCN1C(=O)C=C. The van der Waals surface area contributed by atoms with Gasteiger partial charge in [-0.3, -0.25) is 9.69 Å². The topological polar surface area (TPSA) is 66.2 Å². The molecule has 0 bridgehead atoms. The summed E-state index contributed by atoms with van der Waals surface area (Å²) in [5.41, 5.74) is 5.88. The van der Waals surface area contributed by atoms with Crippen molar-refractivity contribution < 1.29 is 13.9 Å². The molecule has 9 heteroatoms. The number of benzene rings is 2. The highest BCUT2D eigenvalue weighted by molar-refractivity contribution is 5.94. The van der Waals surface area contributed by atoms with Gasteiger partial charge in [-0.05, 0) is 84.5 Å². The quantitative estimate of drug-likeness (QED) is 0.283. The fourth-order valence-corrected chi connectivity index (χ4v) is 8.52. The highest BCUT2D eigenvalue weighted by Gasteiger charge is 2.49. The van der Waals surface area contributed by atoms with Crippen LogP contribution in [0.15, 0.2) is 49.1 Å². The normalized spacial score (nSPS) is 28.8. The highest BCUT2D eigenvalue weighted by Crippen LogP contribution is 2.58. The molecule has 5 aliphatic rings. The van der Waals surface area contributed by atoms with Crippen LogP contribution in [0.2, 0.25) is 0 Å². The number of anilines is 1. The van der Waals surface area contributed by atoms with Crippen LogP contribution in [-0.2, 0) is 11.2 Å². The molecule has 3 saturated heterocycles. The fraction of sp³-hybridized carbons (Fsp3) is 0.486. The van der Waals surface area contributed by atoms with Crippen LogP contribution in [0.3, 0.4) is 0 Å². The average Bonchev–Trinajstić information content (AvgIpc) is 3.36. The molecule has 2 aromatic carbocycles. The van der Waals surface area contributed by atoms with Crippen molar-refractivity contribution in [2.75, 3.05) is 50.8 Å². The van der Waals surface area contributed by atoms with E-state index in [2.05, 4.69) is 57.6 Å². The van der Waals surface area contributed by atoms with Crippen molar-refractivity contribution in [2.24, 2.45) is 5.92 Å². The molecule has 44 heavy (non-hydrogen) atoms. The fourth-order valence-electron chi connectivity index (χ4n) is 8.52. The first-order valence-corrected chi connectivity index (χ1v) is 15.9. The van der Waals surface area contributed by atoms with Gasteiger partial charge in [0.2, 0.25) is 12.5 Å². The maximum Gasteiger partial charge on any atom is 0.319 e. The lowest BCUT2D eigenvalue weighted by Gasteiger charge is -2.39. The minimum atomic E-state index is -0.831. The number of fused-ring (bicyclic) bond motifs is 5. The second-order valence-electron chi connectivity index (χ2n) is 13.3. The molecule has 2 aliphatic carbocycles. The maximum absolute atomic E-state index is 14.5. The van der Waals surface area contributed by atoms with Crippen LogP contribution in [0.4, 0.5) is 10.2 Å². The molecule has 1 saturated carbocycles. The Morgan fingerprint density at radius 2 is 2.11 bits per heavy atom. The van der Waals surface area contributed by atoms with Gasteiger partial charge in [-0.15, -0.1) is 0 Å². The van der Waals surface area contributed by atoms with Gasteiger partial charge < -0.3 is 19.4 Å². The van der Waals surface area contributed by atoms with E-state index < -0.39 is 6.17 Å². The Balaban J connectivity index is 1.17. The predicted octanol–water partition coefficient (Wildman–Crippen LogP) is 5.03. The van der Waals surface area contributed by atoms with Gasteiger partial charge in [-0.2, -0.15) is 9.97 Å². The van der Waals surface area contributed by atoms with Crippen molar-refractivity contribution in [3.8, 4) is 17.1 Å². The first kappa shape index (κ1) is 27.5. The van der Waals surface area contributed by atoms with Crippen molar-refractivity contribution in [3.05, 3.63) is 71.6 Å². The van der Waals surface area contributed by atoms with Gasteiger partial charge in [-0.1, -0.05) is 30.8 Å². The summed E-state index contributed by atoms with van der Waals surface area (Å²) in [6, 6.07) is 13.1. The summed E-state index contributed by atoms with van der Waals surface area (Å²) in [6.07, 6.45) is 5.39. The summed E-state index contributed by atoms with van der Waals surface area (Å²) in [5, 5.41) is 0.911. The number of ether oxygens (including phenoxy) is 1. The average molecular weight is 593 g/mol. The molecule has 5 atom stereocenters. The van der Waals surface area contributed by atoms with Gasteiger partial charge in [0.15, 0.2) is 0 Å². The number of hydrogen-bond acceptors (Lipinski definition) is 6. The minimum Gasteiger partial charge on any atom is -0.461 e. The largest absolute Gasteiger partial charge is 0.461 e. The summed E-state index contributed by atoms with van der Waals surface area (Å²) in [7, 11) is 0. The van der Waals surface area contributed by atoms with Crippen molar-refractivity contribution in [1.29, 1.82) is 0 Å². The van der Waals surface area contributed by atoms with Crippen LogP contribution in [0.1, 0.15) is 42.7 Å². The van der Waals surface area contributed by atoms with Crippen LogP contribution in [0.25, 0.3) is 26.9 Å². The Kier molecular flexibility index (Phi) is 6.60. The number of piperazine rings is 1. The molecule has 3 aromatic rings. The molecule has 226 valence electrons. The maximum atomic E-state index is 14.5. The van der Waals surface area contributed by atoms with E-state index in [1.165, 1.54) is 35.6 Å². The van der Waals surface area contributed by atoms with Gasteiger partial charge in [0, 0.05) is 38.0 Å². The number of nitrogens with zero attached hydrogens (tertiary/aromatic N) is 6. The number of hydrogen-bond donors (Lipinski definition) is 0. The van der Waals surface area contributed by atoms with Crippen LogP contribution >= 0.6 is 0 Å². The Bertz CT molecular complexity index is 1700. The summed E-state index contributed by atoms with van der Waals surface area (Å²) >= 11 is 0. The standard InChI is InChI=1S/C35H37FN6O2/c1-3-31(43)42-13-12-40(20-26(42)18-37-2)33-28-9-8-22(27-7-4-6-23-14-24-15-29(24)32(23)27)16-30(28)38-34(39-33)44-21-35-10-5-11-41(35)19-25(36)17-35/h3-4,6-9,16,24-26,29H,1,5,10-15,17-21H2/t24-,25-,26+,29+,35?/m1/s1. The predicted molar refractivity (Wildman–Crippen MR) is 167 cm³/mol. The van der Waals surface area contributed by atoms with Gasteiger partial charge >= 0.3 is 6.01 Å². The second-order valence-corrected chi connectivity index (χ2v) is 13.3. The van der Waals surface area contributed by atoms with E-state index in [0.29, 0.717) is 51.1 Å². The number of alkyl halides is 1. The molecule has 4 fully saturated rings. The number of amides is 1. The Labute approximate surface area is 257 Å². The third-order valence-corrected chi connectivity index (χ3v) is 10.7. The van der Waals surface area contributed by atoms with Gasteiger partial charge in [-0.25, -0.2) is 11.0 Å². The molecular weight excluding hydrogens is 555 g/mol. The van der Waals surface area contributed by atoms with E-state index in [1.807, 2.05) is 0 Å². The zero-order chi connectivity index (χ0) is 30.0. The lowest BCUT2D eigenvalue weighted by atomic mass is 9.94. The van der Waals surface area contributed by atoms with E-state index in [0.717, 1.165) is 47.6 Å². The van der Waals surface area contributed by atoms with Crippen LogP contribution in [0.5, 0.6) is 6.01 Å². The third-order valence-electron chi connectivity index (χ3n) is 10.7. The number of carbonyl (C=O) groups excluding carboxylic acids is 1. The lowest BCUT2D eigenvalue weighted by Crippen LogP contribution is -2.56.